The Kier molecular flexibility index (Phi) is 3.99. The van der Waals surface area contributed by atoms with Crippen LogP contribution in [0, 0.1) is 12.8 Å². The maximum Gasteiger partial charge on any atom is 0.0383 e. The van der Waals surface area contributed by atoms with Crippen LogP contribution < -0.4 is 5.32 Å². The second kappa shape index (κ2) is 4.83. The van der Waals surface area contributed by atoms with Crippen molar-refractivity contribution in [2.24, 2.45) is 5.92 Å². The first kappa shape index (κ1) is 11.6. The number of hydrogen-bond acceptors (Lipinski definition) is 1. The highest BCUT2D eigenvalue weighted by Crippen LogP contribution is 2.24. The molecule has 0 radical (unpaired) electrons. The van der Waals surface area contributed by atoms with Gasteiger partial charge in [0.2, 0.25) is 0 Å². The molecule has 0 aliphatic rings. The molecule has 78 valence electrons. The summed E-state index contributed by atoms with van der Waals surface area (Å²) in [6.07, 6.45) is 0. The van der Waals surface area contributed by atoms with Crippen molar-refractivity contribution in [2.45, 2.75) is 33.7 Å². The molecule has 1 rings (SSSR count). The minimum absolute atomic E-state index is 0.503. The van der Waals surface area contributed by atoms with Gasteiger partial charge in [-0.25, -0.2) is 0 Å². The van der Waals surface area contributed by atoms with Gasteiger partial charge in [-0.15, -0.1) is 0 Å². The molecule has 0 saturated heterocycles. The minimum atomic E-state index is 0.503. The van der Waals surface area contributed by atoms with E-state index in [-0.39, 0.29) is 0 Å². The zero-order chi connectivity index (χ0) is 10.7. The van der Waals surface area contributed by atoms with Gasteiger partial charge in [0.1, 0.15) is 0 Å². The van der Waals surface area contributed by atoms with E-state index < -0.39 is 0 Å². The molecule has 14 heavy (non-hydrogen) atoms. The van der Waals surface area contributed by atoms with Gasteiger partial charge >= 0.3 is 0 Å². The molecule has 0 saturated carbocycles. The highest BCUT2D eigenvalue weighted by atomic mass is 79.9. The average molecular weight is 256 g/mol. The third kappa shape index (κ3) is 2.74. The van der Waals surface area contributed by atoms with Crippen molar-refractivity contribution in [3.8, 4) is 0 Å². The van der Waals surface area contributed by atoms with Crippen LogP contribution in [-0.2, 0) is 0 Å². The largest absolute Gasteiger partial charge is 0.382 e. The first-order chi connectivity index (χ1) is 6.52. The molecule has 0 aliphatic heterocycles. The van der Waals surface area contributed by atoms with Gasteiger partial charge in [-0.1, -0.05) is 35.8 Å². The molecule has 0 heterocycles. The Labute approximate surface area is 95.0 Å². The summed E-state index contributed by atoms with van der Waals surface area (Å²) in [5.41, 5.74) is 2.50. The Bertz CT molecular complexity index is 307. The molecule has 1 unspecified atom stereocenters. The molecule has 0 aromatic heterocycles. The smallest absolute Gasteiger partial charge is 0.0383 e. The Balaban J connectivity index is 2.82. The lowest BCUT2D eigenvalue weighted by atomic mass is 10.1. The van der Waals surface area contributed by atoms with Crippen molar-refractivity contribution in [1.82, 2.24) is 0 Å². The van der Waals surface area contributed by atoms with Crippen LogP contribution in [0.5, 0.6) is 0 Å². The minimum Gasteiger partial charge on any atom is -0.382 e. The maximum atomic E-state index is 3.53. The van der Waals surface area contributed by atoms with Crippen molar-refractivity contribution < 1.29 is 0 Å². The van der Waals surface area contributed by atoms with E-state index in [4.69, 9.17) is 0 Å². The Morgan fingerprint density at radius 1 is 1.21 bits per heavy atom. The highest BCUT2D eigenvalue weighted by molar-refractivity contribution is 9.10. The number of hydrogen-bond donors (Lipinski definition) is 1. The molecule has 1 atom stereocenters. The lowest BCUT2D eigenvalue weighted by molar-refractivity contribution is 0.559. The number of benzene rings is 1. The number of anilines is 1. The summed E-state index contributed by atoms with van der Waals surface area (Å²) >= 11 is 3.53. The zero-order valence-electron chi connectivity index (χ0n) is 9.26. The van der Waals surface area contributed by atoms with Crippen LogP contribution in [0.2, 0.25) is 0 Å². The molecule has 0 amide bonds. The van der Waals surface area contributed by atoms with Crippen LogP contribution in [0.15, 0.2) is 22.7 Å². The third-order valence-corrected chi connectivity index (χ3v) is 3.51. The number of nitrogens with one attached hydrogen (secondary N) is 1. The van der Waals surface area contributed by atoms with Gasteiger partial charge < -0.3 is 5.32 Å². The first-order valence-electron chi connectivity index (χ1n) is 5.04. The summed E-state index contributed by atoms with van der Waals surface area (Å²) in [5.74, 6) is 0.647. The standard InChI is InChI=1S/C12H18BrN/c1-8(2)10(4)14-12-7-5-6-11(13)9(12)3/h5-8,10,14H,1-4H3. The summed E-state index contributed by atoms with van der Waals surface area (Å²) in [5, 5.41) is 3.52. The second-order valence-electron chi connectivity index (χ2n) is 4.09. The predicted molar refractivity (Wildman–Crippen MR) is 66.8 cm³/mol. The van der Waals surface area contributed by atoms with Crippen LogP contribution in [0.25, 0.3) is 0 Å². The Morgan fingerprint density at radius 2 is 1.86 bits per heavy atom. The predicted octanol–water partition coefficient (Wildman–Crippen LogP) is 4.21. The summed E-state index contributed by atoms with van der Waals surface area (Å²) < 4.78 is 1.17. The van der Waals surface area contributed by atoms with Crippen molar-refractivity contribution in [3.63, 3.8) is 0 Å². The quantitative estimate of drug-likeness (QED) is 0.854. The van der Waals surface area contributed by atoms with Crippen molar-refractivity contribution >= 4 is 21.6 Å². The Hall–Kier alpha value is -0.500. The van der Waals surface area contributed by atoms with Crippen LogP contribution in [-0.4, -0.2) is 6.04 Å². The lowest BCUT2D eigenvalue weighted by Crippen LogP contribution is -2.21. The van der Waals surface area contributed by atoms with Gasteiger partial charge in [-0.3, -0.25) is 0 Å². The molecule has 0 bridgehead atoms. The monoisotopic (exact) mass is 255 g/mol. The first-order valence-corrected chi connectivity index (χ1v) is 5.83. The second-order valence-corrected chi connectivity index (χ2v) is 4.94. The van der Waals surface area contributed by atoms with E-state index in [2.05, 4.69) is 67.1 Å². The third-order valence-electron chi connectivity index (χ3n) is 2.65. The molecule has 1 aromatic rings. The van der Waals surface area contributed by atoms with Crippen molar-refractivity contribution in [1.29, 1.82) is 0 Å². The number of rotatable bonds is 3. The molecule has 2 heteroatoms. The molecule has 0 aliphatic carbocycles. The van der Waals surface area contributed by atoms with E-state index in [1.807, 2.05) is 0 Å². The van der Waals surface area contributed by atoms with Crippen LogP contribution in [0.3, 0.4) is 0 Å². The van der Waals surface area contributed by atoms with Gasteiger partial charge in [0.15, 0.2) is 0 Å². The summed E-state index contributed by atoms with van der Waals surface area (Å²) in [6.45, 7) is 8.79. The van der Waals surface area contributed by atoms with Gasteiger partial charge in [-0.2, -0.15) is 0 Å². The number of halogens is 1. The Morgan fingerprint density at radius 3 is 2.43 bits per heavy atom. The van der Waals surface area contributed by atoms with Crippen molar-refractivity contribution in [2.75, 3.05) is 5.32 Å². The van der Waals surface area contributed by atoms with Crippen LogP contribution in [0.1, 0.15) is 26.3 Å². The summed E-state index contributed by atoms with van der Waals surface area (Å²) in [4.78, 5) is 0. The van der Waals surface area contributed by atoms with E-state index in [1.165, 1.54) is 15.7 Å². The SMILES string of the molecule is Cc1c(Br)cccc1NC(C)C(C)C. The normalized spacial score (nSPS) is 13.0. The lowest BCUT2D eigenvalue weighted by Gasteiger charge is -2.20. The molecule has 1 nitrogen and oxygen atoms in total. The molecule has 0 spiro atoms. The highest BCUT2D eigenvalue weighted by Gasteiger charge is 2.08. The van der Waals surface area contributed by atoms with Gasteiger partial charge in [0.05, 0.1) is 0 Å². The molecular formula is C12H18BrN. The zero-order valence-corrected chi connectivity index (χ0v) is 10.9. The fourth-order valence-electron chi connectivity index (χ4n) is 1.18. The average Bonchev–Trinajstić information content (AvgIpc) is 2.12. The summed E-state index contributed by atoms with van der Waals surface area (Å²) in [7, 11) is 0. The fraction of sp³-hybridized carbons (Fsp3) is 0.500. The van der Waals surface area contributed by atoms with E-state index in [9.17, 15) is 0 Å². The molecular weight excluding hydrogens is 238 g/mol. The molecule has 0 fully saturated rings. The van der Waals surface area contributed by atoms with E-state index >= 15 is 0 Å². The summed E-state index contributed by atoms with van der Waals surface area (Å²) in [6, 6.07) is 6.76. The maximum absolute atomic E-state index is 3.53. The van der Waals surface area contributed by atoms with E-state index in [0.29, 0.717) is 12.0 Å². The van der Waals surface area contributed by atoms with Crippen LogP contribution in [0.4, 0.5) is 5.69 Å². The van der Waals surface area contributed by atoms with Crippen LogP contribution >= 0.6 is 15.9 Å². The van der Waals surface area contributed by atoms with Gasteiger partial charge in [0, 0.05) is 16.2 Å². The topological polar surface area (TPSA) is 12.0 Å². The molecule has 1 N–H and O–H groups in total. The van der Waals surface area contributed by atoms with Gasteiger partial charge in [0.25, 0.3) is 0 Å². The van der Waals surface area contributed by atoms with E-state index in [1.54, 1.807) is 0 Å². The molecule has 1 aromatic carbocycles. The fourth-order valence-corrected chi connectivity index (χ4v) is 1.54. The van der Waals surface area contributed by atoms with E-state index in [0.717, 1.165) is 0 Å². The van der Waals surface area contributed by atoms with Crippen molar-refractivity contribution in [3.05, 3.63) is 28.2 Å². The van der Waals surface area contributed by atoms with Gasteiger partial charge in [-0.05, 0) is 37.5 Å².